The molecule has 5 nitrogen and oxygen atoms in total. The van der Waals surface area contributed by atoms with E-state index < -0.39 is 0 Å². The average Bonchev–Trinajstić information content (AvgIpc) is 2.38. The summed E-state index contributed by atoms with van der Waals surface area (Å²) in [5.41, 5.74) is 0.983. The molecule has 5 heteroatoms. The lowest BCUT2D eigenvalue weighted by Crippen LogP contribution is -2.21. The van der Waals surface area contributed by atoms with Gasteiger partial charge in [-0.3, -0.25) is 0 Å². The second kappa shape index (κ2) is 7.43. The molecule has 1 aromatic heterocycles. The van der Waals surface area contributed by atoms with E-state index in [4.69, 9.17) is 4.74 Å². The van der Waals surface area contributed by atoms with Crippen molar-refractivity contribution in [1.82, 2.24) is 9.97 Å². The minimum atomic E-state index is -0.0754. The van der Waals surface area contributed by atoms with Crippen LogP contribution in [0.5, 0.6) is 0 Å². The van der Waals surface area contributed by atoms with Gasteiger partial charge in [0.1, 0.15) is 17.5 Å². The van der Waals surface area contributed by atoms with Gasteiger partial charge in [-0.1, -0.05) is 27.7 Å². The van der Waals surface area contributed by atoms with Gasteiger partial charge in [0.25, 0.3) is 0 Å². The molecular formula is C15H28N4O. The number of hydrogen-bond donors (Lipinski definition) is 2. The van der Waals surface area contributed by atoms with Crippen LogP contribution in [0.15, 0.2) is 0 Å². The summed E-state index contributed by atoms with van der Waals surface area (Å²) >= 11 is 0. The molecule has 0 amide bonds. The van der Waals surface area contributed by atoms with Crippen molar-refractivity contribution < 1.29 is 4.74 Å². The number of rotatable bonds is 7. The van der Waals surface area contributed by atoms with Gasteiger partial charge in [0.15, 0.2) is 0 Å². The van der Waals surface area contributed by atoms with Crippen molar-refractivity contribution in [2.24, 2.45) is 0 Å². The van der Waals surface area contributed by atoms with E-state index in [9.17, 15) is 0 Å². The SMILES string of the molecule is CCCNc1nc(C(C)(C)C)nc(NCCOC)c1C. The van der Waals surface area contributed by atoms with Crippen LogP contribution in [-0.4, -0.2) is 36.8 Å². The van der Waals surface area contributed by atoms with Gasteiger partial charge >= 0.3 is 0 Å². The van der Waals surface area contributed by atoms with Crippen LogP contribution >= 0.6 is 0 Å². The molecule has 0 saturated carbocycles. The summed E-state index contributed by atoms with van der Waals surface area (Å²) in [6.07, 6.45) is 1.07. The van der Waals surface area contributed by atoms with Gasteiger partial charge in [-0.2, -0.15) is 0 Å². The molecule has 0 spiro atoms. The van der Waals surface area contributed by atoms with Crippen molar-refractivity contribution in [3.8, 4) is 0 Å². The largest absolute Gasteiger partial charge is 0.383 e. The topological polar surface area (TPSA) is 59.1 Å². The minimum absolute atomic E-state index is 0.0754. The molecule has 0 unspecified atom stereocenters. The summed E-state index contributed by atoms with van der Waals surface area (Å²) in [5, 5.41) is 6.71. The van der Waals surface area contributed by atoms with Crippen molar-refractivity contribution in [3.05, 3.63) is 11.4 Å². The van der Waals surface area contributed by atoms with Crippen molar-refractivity contribution in [2.45, 2.75) is 46.5 Å². The first kappa shape index (κ1) is 16.7. The summed E-state index contributed by atoms with van der Waals surface area (Å²) in [5.74, 6) is 2.66. The molecule has 1 heterocycles. The molecule has 0 atom stereocenters. The fourth-order valence-corrected chi connectivity index (χ4v) is 1.71. The molecule has 114 valence electrons. The summed E-state index contributed by atoms with van der Waals surface area (Å²) in [4.78, 5) is 9.34. The molecule has 0 radical (unpaired) electrons. The van der Waals surface area contributed by atoms with E-state index >= 15 is 0 Å². The third-order valence-electron chi connectivity index (χ3n) is 2.96. The monoisotopic (exact) mass is 280 g/mol. The number of nitrogens with zero attached hydrogens (tertiary/aromatic N) is 2. The van der Waals surface area contributed by atoms with Crippen LogP contribution in [0.3, 0.4) is 0 Å². The van der Waals surface area contributed by atoms with Crippen LogP contribution in [0.25, 0.3) is 0 Å². The molecule has 1 aromatic rings. The molecule has 20 heavy (non-hydrogen) atoms. The normalized spacial score (nSPS) is 11.5. The number of aromatic nitrogens is 2. The van der Waals surface area contributed by atoms with Gasteiger partial charge in [-0.05, 0) is 13.3 Å². The van der Waals surface area contributed by atoms with E-state index in [1.807, 2.05) is 6.92 Å². The number of methoxy groups -OCH3 is 1. The highest BCUT2D eigenvalue weighted by Crippen LogP contribution is 2.26. The van der Waals surface area contributed by atoms with E-state index in [0.717, 1.165) is 42.5 Å². The average molecular weight is 280 g/mol. The lowest BCUT2D eigenvalue weighted by Gasteiger charge is -2.21. The van der Waals surface area contributed by atoms with Crippen molar-refractivity contribution in [1.29, 1.82) is 0 Å². The zero-order valence-corrected chi connectivity index (χ0v) is 13.6. The molecule has 0 bridgehead atoms. The first-order valence-electron chi connectivity index (χ1n) is 7.26. The van der Waals surface area contributed by atoms with E-state index in [-0.39, 0.29) is 5.41 Å². The standard InChI is InChI=1S/C15H28N4O/c1-7-8-16-12-11(2)13(17-9-10-20-6)19-14(18-12)15(3,4)5/h7-10H2,1-6H3,(H2,16,17,18,19). The van der Waals surface area contributed by atoms with Crippen LogP contribution in [0, 0.1) is 6.92 Å². The first-order chi connectivity index (χ1) is 9.40. The fourth-order valence-electron chi connectivity index (χ4n) is 1.71. The molecule has 0 fully saturated rings. The Hall–Kier alpha value is -1.36. The Morgan fingerprint density at radius 1 is 1.05 bits per heavy atom. The quantitative estimate of drug-likeness (QED) is 0.752. The molecule has 0 saturated heterocycles. The maximum absolute atomic E-state index is 5.07. The number of ether oxygens (including phenoxy) is 1. The predicted octanol–water partition coefficient (Wildman–Crippen LogP) is 2.96. The summed E-state index contributed by atoms with van der Waals surface area (Å²) in [6.45, 7) is 12.9. The summed E-state index contributed by atoms with van der Waals surface area (Å²) < 4.78 is 5.07. The molecule has 0 aliphatic heterocycles. The lowest BCUT2D eigenvalue weighted by atomic mass is 9.95. The second-order valence-electron chi connectivity index (χ2n) is 5.97. The molecule has 0 aliphatic rings. The maximum atomic E-state index is 5.07. The highest BCUT2D eigenvalue weighted by atomic mass is 16.5. The van der Waals surface area contributed by atoms with Crippen molar-refractivity contribution >= 4 is 11.6 Å². The Balaban J connectivity index is 3.06. The Bertz CT molecular complexity index is 427. The first-order valence-corrected chi connectivity index (χ1v) is 7.26. The van der Waals surface area contributed by atoms with Crippen molar-refractivity contribution in [3.63, 3.8) is 0 Å². The summed E-state index contributed by atoms with van der Waals surface area (Å²) in [7, 11) is 1.70. The fraction of sp³-hybridized carbons (Fsp3) is 0.733. The highest BCUT2D eigenvalue weighted by Gasteiger charge is 2.21. The van der Waals surface area contributed by atoms with Crippen LogP contribution in [-0.2, 0) is 10.2 Å². The molecular weight excluding hydrogens is 252 g/mol. The predicted molar refractivity (Wildman–Crippen MR) is 84.6 cm³/mol. The van der Waals surface area contributed by atoms with Gasteiger partial charge in [-0.25, -0.2) is 9.97 Å². The zero-order chi connectivity index (χ0) is 15.2. The van der Waals surface area contributed by atoms with Crippen molar-refractivity contribution in [2.75, 3.05) is 37.4 Å². The second-order valence-corrected chi connectivity index (χ2v) is 5.97. The Labute approximate surface area is 122 Å². The summed E-state index contributed by atoms with van der Waals surface area (Å²) in [6, 6.07) is 0. The third-order valence-corrected chi connectivity index (χ3v) is 2.96. The van der Waals surface area contributed by atoms with Crippen LogP contribution in [0.1, 0.15) is 45.5 Å². The smallest absolute Gasteiger partial charge is 0.138 e. The Morgan fingerprint density at radius 3 is 2.05 bits per heavy atom. The van der Waals surface area contributed by atoms with Crippen LogP contribution in [0.4, 0.5) is 11.6 Å². The van der Waals surface area contributed by atoms with Gasteiger partial charge in [0, 0.05) is 31.2 Å². The molecule has 0 aromatic carbocycles. The number of nitrogens with one attached hydrogen (secondary N) is 2. The van der Waals surface area contributed by atoms with E-state index in [0.29, 0.717) is 6.61 Å². The van der Waals surface area contributed by atoms with E-state index in [1.54, 1.807) is 7.11 Å². The minimum Gasteiger partial charge on any atom is -0.383 e. The highest BCUT2D eigenvalue weighted by molar-refractivity contribution is 5.57. The van der Waals surface area contributed by atoms with Gasteiger partial charge in [0.05, 0.1) is 6.61 Å². The Morgan fingerprint density at radius 2 is 1.60 bits per heavy atom. The molecule has 1 rings (SSSR count). The zero-order valence-electron chi connectivity index (χ0n) is 13.6. The Kier molecular flexibility index (Phi) is 6.20. The van der Waals surface area contributed by atoms with E-state index in [2.05, 4.69) is 48.3 Å². The van der Waals surface area contributed by atoms with Gasteiger partial charge in [0.2, 0.25) is 0 Å². The number of hydrogen-bond acceptors (Lipinski definition) is 5. The molecule has 2 N–H and O–H groups in total. The van der Waals surface area contributed by atoms with Gasteiger partial charge in [-0.15, -0.1) is 0 Å². The van der Waals surface area contributed by atoms with Crippen LogP contribution < -0.4 is 10.6 Å². The van der Waals surface area contributed by atoms with Gasteiger partial charge < -0.3 is 15.4 Å². The maximum Gasteiger partial charge on any atom is 0.138 e. The number of anilines is 2. The molecule has 0 aliphatic carbocycles. The lowest BCUT2D eigenvalue weighted by molar-refractivity contribution is 0.210. The van der Waals surface area contributed by atoms with E-state index in [1.165, 1.54) is 0 Å². The third kappa shape index (κ3) is 4.63. The van der Waals surface area contributed by atoms with Crippen LogP contribution in [0.2, 0.25) is 0 Å².